The lowest BCUT2D eigenvalue weighted by atomic mass is 9.63. The van der Waals surface area contributed by atoms with Crippen molar-refractivity contribution in [3.05, 3.63) is 12.2 Å². The molecule has 1 aliphatic heterocycles. The third-order valence-electron chi connectivity index (χ3n) is 4.54. The van der Waals surface area contributed by atoms with Gasteiger partial charge in [0, 0.05) is 5.82 Å². The van der Waals surface area contributed by atoms with E-state index < -0.39 is 0 Å². The summed E-state index contributed by atoms with van der Waals surface area (Å²) >= 11 is 0. The highest BCUT2D eigenvalue weighted by Crippen LogP contribution is 2.44. The molecule has 1 atom stereocenters. The molecule has 2 aliphatic rings. The van der Waals surface area contributed by atoms with Gasteiger partial charge in [0.1, 0.15) is 0 Å². The average Bonchev–Trinajstić information content (AvgIpc) is 2.35. The number of rotatable bonds is 1. The third kappa shape index (κ3) is 2.46. The molecule has 17 heavy (non-hydrogen) atoms. The van der Waals surface area contributed by atoms with Crippen molar-refractivity contribution in [2.45, 2.75) is 71.4 Å². The van der Waals surface area contributed by atoms with Gasteiger partial charge in [0.05, 0.1) is 11.2 Å². The Hall–Kier alpha value is -0.275. The maximum atomic E-state index is 6.10. The summed E-state index contributed by atoms with van der Waals surface area (Å²) in [6.45, 7) is 13.0. The minimum Gasteiger partial charge on any atom is -0.403 e. The van der Waals surface area contributed by atoms with Crippen LogP contribution in [0.25, 0.3) is 0 Å². The minimum atomic E-state index is -0.210. The van der Waals surface area contributed by atoms with Crippen LogP contribution in [0.15, 0.2) is 12.2 Å². The number of hydrogen-bond acceptors (Lipinski definition) is 2. The van der Waals surface area contributed by atoms with Gasteiger partial charge in [-0.15, -0.1) is 0 Å². The normalized spacial score (nSPS) is 34.0. The molecule has 0 spiro atoms. The summed E-state index contributed by atoms with van der Waals surface area (Å²) in [7, 11) is -0.0765. The maximum Gasteiger partial charge on any atom is 0.465 e. The van der Waals surface area contributed by atoms with E-state index in [9.17, 15) is 0 Å². The van der Waals surface area contributed by atoms with Gasteiger partial charge in [0.25, 0.3) is 0 Å². The molecule has 1 saturated heterocycles. The second-order valence-corrected chi connectivity index (χ2v) is 7.17. The molecular weight excluding hydrogens is 211 g/mol. The topological polar surface area (TPSA) is 18.5 Å². The Morgan fingerprint density at radius 2 is 1.53 bits per heavy atom. The van der Waals surface area contributed by atoms with Gasteiger partial charge in [-0.25, -0.2) is 0 Å². The summed E-state index contributed by atoms with van der Waals surface area (Å²) in [5, 5.41) is 0. The Balaban J connectivity index is 2.08. The Labute approximate surface area is 106 Å². The van der Waals surface area contributed by atoms with Gasteiger partial charge in [0.2, 0.25) is 0 Å². The molecular formula is C14H25BO2. The van der Waals surface area contributed by atoms with Crippen LogP contribution >= 0.6 is 0 Å². The molecule has 0 aromatic heterocycles. The van der Waals surface area contributed by atoms with Gasteiger partial charge in [0.15, 0.2) is 0 Å². The zero-order chi connectivity index (χ0) is 12.9. The van der Waals surface area contributed by atoms with Crippen LogP contribution in [0.5, 0.6) is 0 Å². The fourth-order valence-corrected chi connectivity index (χ4v) is 2.39. The standard InChI is InChI=1S/C14H25BO2/c1-12(2)9-7-11(8-10-12)15-16-13(3,4)14(5,6)17-15/h7,9,11H,8,10H2,1-6H3. The minimum absolute atomic E-state index is 0.0765. The molecule has 1 fully saturated rings. The third-order valence-corrected chi connectivity index (χ3v) is 4.54. The molecule has 2 rings (SSSR count). The van der Waals surface area contributed by atoms with Crippen LogP contribution in [0.1, 0.15) is 54.4 Å². The Kier molecular flexibility index (Phi) is 2.99. The molecule has 1 heterocycles. The maximum absolute atomic E-state index is 6.10. The van der Waals surface area contributed by atoms with E-state index in [0.717, 1.165) is 6.42 Å². The summed E-state index contributed by atoms with van der Waals surface area (Å²) < 4.78 is 12.2. The van der Waals surface area contributed by atoms with E-state index in [4.69, 9.17) is 9.31 Å². The van der Waals surface area contributed by atoms with Crippen molar-refractivity contribution < 1.29 is 9.31 Å². The predicted molar refractivity (Wildman–Crippen MR) is 72.0 cm³/mol. The summed E-state index contributed by atoms with van der Waals surface area (Å²) in [5.74, 6) is 0.407. The highest BCUT2D eigenvalue weighted by atomic mass is 16.7. The molecule has 96 valence electrons. The molecule has 0 amide bonds. The SMILES string of the molecule is CC1(C)C=CC(B2OC(C)(C)C(C)(C)O2)CC1. The Bertz CT molecular complexity index is 315. The van der Waals surface area contributed by atoms with E-state index in [1.165, 1.54) is 6.42 Å². The lowest BCUT2D eigenvalue weighted by Gasteiger charge is -2.32. The number of allylic oxidation sites excluding steroid dienone is 2. The van der Waals surface area contributed by atoms with Crippen LogP contribution < -0.4 is 0 Å². The van der Waals surface area contributed by atoms with Crippen molar-refractivity contribution >= 4 is 7.12 Å². The first-order valence-electron chi connectivity index (χ1n) is 6.68. The zero-order valence-corrected chi connectivity index (χ0v) is 12.0. The smallest absolute Gasteiger partial charge is 0.403 e. The van der Waals surface area contributed by atoms with Gasteiger partial charge < -0.3 is 9.31 Å². The van der Waals surface area contributed by atoms with Gasteiger partial charge in [-0.1, -0.05) is 26.0 Å². The first-order valence-corrected chi connectivity index (χ1v) is 6.68. The summed E-state index contributed by atoms with van der Waals surface area (Å²) in [6, 6.07) is 0. The predicted octanol–water partition coefficient (Wildman–Crippen LogP) is 3.83. The molecule has 0 radical (unpaired) electrons. The highest BCUT2D eigenvalue weighted by molar-refractivity contribution is 6.48. The van der Waals surface area contributed by atoms with E-state index in [0.29, 0.717) is 11.2 Å². The quantitative estimate of drug-likeness (QED) is 0.509. The van der Waals surface area contributed by atoms with Gasteiger partial charge in [-0.2, -0.15) is 0 Å². The molecule has 0 saturated carbocycles. The fraction of sp³-hybridized carbons (Fsp3) is 0.857. The van der Waals surface area contributed by atoms with Gasteiger partial charge in [-0.3, -0.25) is 0 Å². The van der Waals surface area contributed by atoms with E-state index >= 15 is 0 Å². The van der Waals surface area contributed by atoms with Crippen molar-refractivity contribution in [3.8, 4) is 0 Å². The van der Waals surface area contributed by atoms with Crippen molar-refractivity contribution in [1.29, 1.82) is 0 Å². The van der Waals surface area contributed by atoms with Crippen molar-refractivity contribution in [3.63, 3.8) is 0 Å². The van der Waals surface area contributed by atoms with Crippen LogP contribution in [0.2, 0.25) is 5.82 Å². The largest absolute Gasteiger partial charge is 0.465 e. The molecule has 3 heteroatoms. The first-order chi connectivity index (χ1) is 7.63. The molecule has 0 bridgehead atoms. The summed E-state index contributed by atoms with van der Waals surface area (Å²) in [4.78, 5) is 0. The molecule has 0 aromatic rings. The van der Waals surface area contributed by atoms with Crippen molar-refractivity contribution in [1.82, 2.24) is 0 Å². The molecule has 0 aromatic carbocycles. The Morgan fingerprint density at radius 3 is 1.94 bits per heavy atom. The lowest BCUT2D eigenvalue weighted by Crippen LogP contribution is -2.41. The highest BCUT2D eigenvalue weighted by Gasteiger charge is 2.53. The van der Waals surface area contributed by atoms with E-state index in [1.54, 1.807) is 0 Å². The van der Waals surface area contributed by atoms with E-state index in [2.05, 4.69) is 53.7 Å². The first kappa shape index (κ1) is 13.2. The average molecular weight is 236 g/mol. The van der Waals surface area contributed by atoms with Gasteiger partial charge in [-0.05, 0) is 46.0 Å². The van der Waals surface area contributed by atoms with E-state index in [-0.39, 0.29) is 18.3 Å². The molecule has 0 N–H and O–H groups in total. The molecule has 2 nitrogen and oxygen atoms in total. The number of hydrogen-bond donors (Lipinski definition) is 0. The van der Waals surface area contributed by atoms with Crippen LogP contribution in [0.4, 0.5) is 0 Å². The second kappa shape index (κ2) is 3.86. The van der Waals surface area contributed by atoms with Crippen molar-refractivity contribution in [2.24, 2.45) is 5.41 Å². The van der Waals surface area contributed by atoms with Gasteiger partial charge >= 0.3 is 7.12 Å². The van der Waals surface area contributed by atoms with E-state index in [1.807, 2.05) is 0 Å². The monoisotopic (exact) mass is 236 g/mol. The summed E-state index contributed by atoms with van der Waals surface area (Å²) in [6.07, 6.45) is 6.95. The zero-order valence-electron chi connectivity index (χ0n) is 12.0. The van der Waals surface area contributed by atoms with Crippen LogP contribution in [-0.2, 0) is 9.31 Å². The second-order valence-electron chi connectivity index (χ2n) is 7.17. The fourth-order valence-electron chi connectivity index (χ4n) is 2.39. The lowest BCUT2D eigenvalue weighted by molar-refractivity contribution is 0.00578. The van der Waals surface area contributed by atoms with Crippen LogP contribution in [0.3, 0.4) is 0 Å². The summed E-state index contributed by atoms with van der Waals surface area (Å²) in [5.41, 5.74) is -0.0862. The van der Waals surface area contributed by atoms with Crippen LogP contribution in [0, 0.1) is 5.41 Å². The van der Waals surface area contributed by atoms with Crippen LogP contribution in [-0.4, -0.2) is 18.3 Å². The molecule has 1 unspecified atom stereocenters. The van der Waals surface area contributed by atoms with Crippen molar-refractivity contribution in [2.75, 3.05) is 0 Å². The Morgan fingerprint density at radius 1 is 1.00 bits per heavy atom. The molecule has 1 aliphatic carbocycles.